The zero-order valence-electron chi connectivity index (χ0n) is 10.5. The zero-order valence-corrected chi connectivity index (χ0v) is 12.1. The molecule has 0 aliphatic heterocycles. The van der Waals surface area contributed by atoms with E-state index in [1.807, 2.05) is 50.4 Å². The van der Waals surface area contributed by atoms with Crippen LogP contribution in [0.15, 0.2) is 46.9 Å². The molecule has 0 heterocycles. The minimum absolute atomic E-state index is 0.839. The Kier molecular flexibility index (Phi) is 4.39. The molecule has 0 radical (unpaired) electrons. The Bertz CT molecular complexity index is 540. The number of hydrogen-bond donors (Lipinski definition) is 1. The number of halogens is 1. The molecule has 2 nitrogen and oxygen atoms in total. The van der Waals surface area contributed by atoms with Gasteiger partial charge in [0, 0.05) is 11.0 Å². The highest BCUT2D eigenvalue weighted by atomic mass is 79.9. The molecule has 0 atom stereocenters. The quantitative estimate of drug-likeness (QED) is 0.911. The van der Waals surface area contributed by atoms with E-state index in [2.05, 4.69) is 27.3 Å². The molecule has 0 bridgehead atoms. The third-order valence-electron chi connectivity index (χ3n) is 2.71. The molecule has 18 heavy (non-hydrogen) atoms. The van der Waals surface area contributed by atoms with Gasteiger partial charge >= 0.3 is 0 Å². The average Bonchev–Trinajstić information content (AvgIpc) is 2.36. The van der Waals surface area contributed by atoms with Crippen LogP contribution in [-0.2, 0) is 6.54 Å². The van der Waals surface area contributed by atoms with Crippen molar-refractivity contribution in [2.45, 2.75) is 13.5 Å². The normalized spacial score (nSPS) is 10.4. The van der Waals surface area contributed by atoms with Crippen molar-refractivity contribution in [3.8, 4) is 11.5 Å². The molecule has 0 saturated heterocycles. The van der Waals surface area contributed by atoms with Gasteiger partial charge in [0.2, 0.25) is 0 Å². The topological polar surface area (TPSA) is 21.3 Å². The fraction of sp³-hybridized carbons (Fsp3) is 0.200. The lowest BCUT2D eigenvalue weighted by molar-refractivity contribution is 0.478. The Hall–Kier alpha value is -1.32. The van der Waals surface area contributed by atoms with E-state index in [1.165, 1.54) is 5.56 Å². The molecule has 0 saturated carbocycles. The van der Waals surface area contributed by atoms with Crippen LogP contribution in [0, 0.1) is 6.92 Å². The number of rotatable bonds is 4. The summed E-state index contributed by atoms with van der Waals surface area (Å²) in [5.74, 6) is 1.74. The smallest absolute Gasteiger partial charge is 0.130 e. The van der Waals surface area contributed by atoms with Gasteiger partial charge in [-0.15, -0.1) is 0 Å². The monoisotopic (exact) mass is 305 g/mol. The van der Waals surface area contributed by atoms with Gasteiger partial charge < -0.3 is 10.1 Å². The highest BCUT2D eigenvalue weighted by molar-refractivity contribution is 9.10. The number of ether oxygens (including phenoxy) is 1. The first-order chi connectivity index (χ1) is 8.70. The summed E-state index contributed by atoms with van der Waals surface area (Å²) in [6, 6.07) is 14.1. The third-order valence-corrected chi connectivity index (χ3v) is 3.45. The molecule has 0 amide bonds. The molecule has 0 aliphatic carbocycles. The molecule has 0 aliphatic rings. The molecule has 94 valence electrons. The van der Waals surface area contributed by atoms with Gasteiger partial charge in [0.15, 0.2) is 0 Å². The van der Waals surface area contributed by atoms with Crippen LogP contribution in [0.1, 0.15) is 11.1 Å². The molecule has 1 N–H and O–H groups in total. The van der Waals surface area contributed by atoms with Crippen LogP contribution in [-0.4, -0.2) is 7.05 Å². The highest BCUT2D eigenvalue weighted by Crippen LogP contribution is 2.28. The van der Waals surface area contributed by atoms with Crippen LogP contribution in [0.25, 0.3) is 0 Å². The maximum Gasteiger partial charge on any atom is 0.130 e. The second kappa shape index (κ2) is 6.03. The van der Waals surface area contributed by atoms with E-state index in [1.54, 1.807) is 0 Å². The summed E-state index contributed by atoms with van der Waals surface area (Å²) in [6.45, 7) is 2.88. The molecule has 0 spiro atoms. The van der Waals surface area contributed by atoms with Crippen molar-refractivity contribution in [1.29, 1.82) is 0 Å². The van der Waals surface area contributed by atoms with Crippen LogP contribution >= 0.6 is 15.9 Å². The fourth-order valence-electron chi connectivity index (χ4n) is 1.72. The number of hydrogen-bond acceptors (Lipinski definition) is 2. The summed E-state index contributed by atoms with van der Waals surface area (Å²) in [6.07, 6.45) is 0. The van der Waals surface area contributed by atoms with Gasteiger partial charge in [0.1, 0.15) is 11.5 Å². The summed E-state index contributed by atoms with van der Waals surface area (Å²) in [7, 11) is 1.93. The van der Waals surface area contributed by atoms with E-state index in [-0.39, 0.29) is 0 Å². The van der Waals surface area contributed by atoms with Crippen LogP contribution in [0.5, 0.6) is 11.5 Å². The van der Waals surface area contributed by atoms with Crippen LogP contribution in [0.3, 0.4) is 0 Å². The Morgan fingerprint density at radius 2 is 1.94 bits per heavy atom. The van der Waals surface area contributed by atoms with Crippen molar-refractivity contribution in [3.63, 3.8) is 0 Å². The Balaban J connectivity index is 2.20. The van der Waals surface area contributed by atoms with E-state index in [4.69, 9.17) is 4.74 Å². The van der Waals surface area contributed by atoms with E-state index in [0.29, 0.717) is 0 Å². The number of aryl methyl sites for hydroxylation is 1. The lowest BCUT2D eigenvalue weighted by Crippen LogP contribution is -2.05. The van der Waals surface area contributed by atoms with Crippen LogP contribution < -0.4 is 10.1 Å². The van der Waals surface area contributed by atoms with Gasteiger partial charge in [-0.05, 0) is 43.3 Å². The first-order valence-corrected chi connectivity index (χ1v) is 6.66. The largest absolute Gasteiger partial charge is 0.457 e. The molecule has 2 aromatic rings. The molecule has 0 unspecified atom stereocenters. The SMILES string of the molecule is CNCc1ccc(Oc2ccccc2C)cc1Br. The number of benzene rings is 2. The van der Waals surface area contributed by atoms with E-state index >= 15 is 0 Å². The first kappa shape index (κ1) is 13.1. The molecule has 0 aromatic heterocycles. The maximum atomic E-state index is 5.87. The van der Waals surface area contributed by atoms with Crippen molar-refractivity contribution >= 4 is 15.9 Å². The van der Waals surface area contributed by atoms with Crippen LogP contribution in [0.2, 0.25) is 0 Å². The van der Waals surface area contributed by atoms with Crippen molar-refractivity contribution < 1.29 is 4.74 Å². The highest BCUT2D eigenvalue weighted by Gasteiger charge is 2.04. The molecule has 3 heteroatoms. The molecular weight excluding hydrogens is 290 g/mol. The van der Waals surface area contributed by atoms with Gasteiger partial charge in [0.05, 0.1) is 0 Å². The van der Waals surface area contributed by atoms with E-state index < -0.39 is 0 Å². The summed E-state index contributed by atoms with van der Waals surface area (Å²) in [5, 5.41) is 3.13. The van der Waals surface area contributed by atoms with Gasteiger partial charge in [-0.3, -0.25) is 0 Å². The lowest BCUT2D eigenvalue weighted by atomic mass is 10.2. The van der Waals surface area contributed by atoms with Gasteiger partial charge in [-0.1, -0.05) is 40.2 Å². The zero-order chi connectivity index (χ0) is 13.0. The summed E-state index contributed by atoms with van der Waals surface area (Å²) < 4.78 is 6.93. The predicted molar refractivity (Wildman–Crippen MR) is 78.2 cm³/mol. The van der Waals surface area contributed by atoms with Gasteiger partial charge in [0.25, 0.3) is 0 Å². The van der Waals surface area contributed by atoms with Crippen molar-refractivity contribution in [1.82, 2.24) is 5.32 Å². The van der Waals surface area contributed by atoms with Crippen molar-refractivity contribution in [2.24, 2.45) is 0 Å². The average molecular weight is 306 g/mol. The second-order valence-electron chi connectivity index (χ2n) is 4.15. The van der Waals surface area contributed by atoms with Crippen molar-refractivity contribution in [2.75, 3.05) is 7.05 Å². The summed E-state index contributed by atoms with van der Waals surface area (Å²) in [4.78, 5) is 0. The minimum Gasteiger partial charge on any atom is -0.457 e. The fourth-order valence-corrected chi connectivity index (χ4v) is 2.22. The summed E-state index contributed by atoms with van der Waals surface area (Å²) >= 11 is 3.56. The van der Waals surface area contributed by atoms with Gasteiger partial charge in [-0.2, -0.15) is 0 Å². The lowest BCUT2D eigenvalue weighted by Gasteiger charge is -2.10. The standard InChI is InChI=1S/C15H16BrNO/c1-11-5-3-4-6-15(11)18-13-8-7-12(10-17-2)14(16)9-13/h3-9,17H,10H2,1-2H3. The molecule has 0 fully saturated rings. The Morgan fingerprint density at radius 3 is 2.61 bits per heavy atom. The number of para-hydroxylation sites is 1. The van der Waals surface area contributed by atoms with E-state index in [9.17, 15) is 0 Å². The van der Waals surface area contributed by atoms with Crippen molar-refractivity contribution in [3.05, 3.63) is 58.1 Å². The summed E-state index contributed by atoms with van der Waals surface area (Å²) in [5.41, 5.74) is 2.35. The Morgan fingerprint density at radius 1 is 1.17 bits per heavy atom. The van der Waals surface area contributed by atoms with Gasteiger partial charge in [-0.25, -0.2) is 0 Å². The molecule has 2 aromatic carbocycles. The van der Waals surface area contributed by atoms with Crippen LogP contribution in [0.4, 0.5) is 0 Å². The number of nitrogens with one attached hydrogen (secondary N) is 1. The molecule has 2 rings (SSSR count). The Labute approximate surface area is 116 Å². The minimum atomic E-state index is 0.839. The second-order valence-corrected chi connectivity index (χ2v) is 5.01. The van der Waals surface area contributed by atoms with E-state index in [0.717, 1.165) is 28.1 Å². The first-order valence-electron chi connectivity index (χ1n) is 5.87. The maximum absolute atomic E-state index is 5.87. The third kappa shape index (κ3) is 3.12. The predicted octanol–water partition coefficient (Wildman–Crippen LogP) is 4.27. The molecular formula is C15H16BrNO.